The van der Waals surface area contributed by atoms with Crippen molar-refractivity contribution in [1.29, 1.82) is 0 Å². The summed E-state index contributed by atoms with van der Waals surface area (Å²) < 4.78 is 0. The van der Waals surface area contributed by atoms with Crippen LogP contribution in [-0.4, -0.2) is 6.29 Å². The van der Waals surface area contributed by atoms with Crippen LogP contribution in [0.2, 0.25) is 0 Å². The molecule has 0 bridgehead atoms. The summed E-state index contributed by atoms with van der Waals surface area (Å²) >= 11 is 0. The molecule has 0 radical (unpaired) electrons. The molecule has 0 heterocycles. The normalized spacial score (nSPS) is 14.2. The van der Waals surface area contributed by atoms with E-state index in [0.29, 0.717) is 0 Å². The van der Waals surface area contributed by atoms with E-state index in [9.17, 15) is 4.79 Å². The van der Waals surface area contributed by atoms with Gasteiger partial charge in [-0.25, -0.2) is 0 Å². The van der Waals surface area contributed by atoms with Gasteiger partial charge in [0.05, 0.1) is 0 Å². The molecule has 1 nitrogen and oxygen atoms in total. The van der Waals surface area contributed by atoms with Crippen LogP contribution in [0.25, 0.3) is 0 Å². The SMILES string of the molecule is C=CCC(C)(C=O)CCc1ccccc1. The third-order valence-electron chi connectivity index (χ3n) is 2.72. The Hall–Kier alpha value is -1.37. The van der Waals surface area contributed by atoms with Gasteiger partial charge in [0.15, 0.2) is 0 Å². The third-order valence-corrected chi connectivity index (χ3v) is 2.72. The summed E-state index contributed by atoms with van der Waals surface area (Å²) in [6.07, 6.45) is 5.46. The smallest absolute Gasteiger partial charge is 0.126 e. The van der Waals surface area contributed by atoms with Crippen LogP contribution in [0, 0.1) is 5.41 Å². The van der Waals surface area contributed by atoms with Gasteiger partial charge in [0.25, 0.3) is 0 Å². The number of benzene rings is 1. The standard InChI is InChI=1S/C14H18O/c1-3-10-14(2,12-15)11-9-13-7-5-4-6-8-13/h3-8,12H,1,9-11H2,2H3. The maximum absolute atomic E-state index is 11.0. The Morgan fingerprint density at radius 1 is 1.33 bits per heavy atom. The molecule has 0 aromatic heterocycles. The van der Waals surface area contributed by atoms with Crippen LogP contribution in [-0.2, 0) is 11.2 Å². The fourth-order valence-electron chi connectivity index (χ4n) is 1.61. The van der Waals surface area contributed by atoms with Crippen molar-refractivity contribution in [3.63, 3.8) is 0 Å². The number of hydrogen-bond donors (Lipinski definition) is 0. The highest BCUT2D eigenvalue weighted by atomic mass is 16.1. The van der Waals surface area contributed by atoms with Crippen molar-refractivity contribution in [1.82, 2.24) is 0 Å². The van der Waals surface area contributed by atoms with Crippen LogP contribution in [0.15, 0.2) is 43.0 Å². The maximum atomic E-state index is 11.0. The number of hydrogen-bond acceptors (Lipinski definition) is 1. The Bertz CT molecular complexity index is 315. The number of carbonyl (C=O) groups excluding carboxylic acids is 1. The van der Waals surface area contributed by atoms with E-state index in [1.165, 1.54) is 5.56 Å². The summed E-state index contributed by atoms with van der Waals surface area (Å²) in [5, 5.41) is 0. The van der Waals surface area contributed by atoms with Gasteiger partial charge >= 0.3 is 0 Å². The molecular weight excluding hydrogens is 184 g/mol. The second-order valence-corrected chi connectivity index (χ2v) is 4.25. The molecule has 80 valence electrons. The van der Waals surface area contributed by atoms with Crippen molar-refractivity contribution >= 4 is 6.29 Å². The van der Waals surface area contributed by atoms with Gasteiger partial charge < -0.3 is 4.79 Å². The fraction of sp³-hybridized carbons (Fsp3) is 0.357. The zero-order valence-corrected chi connectivity index (χ0v) is 9.28. The highest BCUT2D eigenvalue weighted by Gasteiger charge is 2.21. The van der Waals surface area contributed by atoms with Gasteiger partial charge in [0.1, 0.15) is 6.29 Å². The number of rotatable bonds is 6. The topological polar surface area (TPSA) is 17.1 Å². The second kappa shape index (κ2) is 5.50. The summed E-state index contributed by atoms with van der Waals surface area (Å²) in [5.41, 5.74) is 1.03. The molecule has 1 atom stereocenters. The van der Waals surface area contributed by atoms with Crippen molar-refractivity contribution in [2.24, 2.45) is 5.41 Å². The minimum atomic E-state index is -0.252. The Morgan fingerprint density at radius 2 is 2.00 bits per heavy atom. The molecule has 1 rings (SSSR count). The molecule has 0 fully saturated rings. The van der Waals surface area contributed by atoms with E-state index in [2.05, 4.69) is 18.7 Å². The molecule has 1 aromatic rings. The van der Waals surface area contributed by atoms with Crippen molar-refractivity contribution < 1.29 is 4.79 Å². The summed E-state index contributed by atoms with van der Waals surface area (Å²) in [7, 11) is 0. The number of aryl methyl sites for hydroxylation is 1. The lowest BCUT2D eigenvalue weighted by Crippen LogP contribution is -2.18. The van der Waals surface area contributed by atoms with E-state index < -0.39 is 0 Å². The average molecular weight is 202 g/mol. The highest BCUT2D eigenvalue weighted by molar-refractivity contribution is 5.59. The van der Waals surface area contributed by atoms with Crippen LogP contribution in [0.3, 0.4) is 0 Å². The van der Waals surface area contributed by atoms with Crippen LogP contribution in [0.5, 0.6) is 0 Å². The predicted octanol–water partition coefficient (Wildman–Crippen LogP) is 3.40. The van der Waals surface area contributed by atoms with Gasteiger partial charge in [-0.1, -0.05) is 43.3 Å². The average Bonchev–Trinajstić information content (AvgIpc) is 2.28. The van der Waals surface area contributed by atoms with Crippen molar-refractivity contribution in [3.8, 4) is 0 Å². The summed E-state index contributed by atoms with van der Waals surface area (Å²) in [5.74, 6) is 0. The largest absolute Gasteiger partial charge is 0.303 e. The first kappa shape index (κ1) is 11.7. The first-order chi connectivity index (χ1) is 7.20. The number of aldehydes is 1. The van der Waals surface area contributed by atoms with Gasteiger partial charge in [0, 0.05) is 5.41 Å². The molecule has 1 unspecified atom stereocenters. The van der Waals surface area contributed by atoms with Crippen LogP contribution >= 0.6 is 0 Å². The molecule has 0 saturated carbocycles. The van der Waals surface area contributed by atoms with E-state index in [-0.39, 0.29) is 5.41 Å². The molecule has 0 aliphatic heterocycles. The fourth-order valence-corrected chi connectivity index (χ4v) is 1.61. The van der Waals surface area contributed by atoms with Crippen molar-refractivity contribution in [2.75, 3.05) is 0 Å². The monoisotopic (exact) mass is 202 g/mol. The maximum Gasteiger partial charge on any atom is 0.126 e. The predicted molar refractivity (Wildman–Crippen MR) is 63.7 cm³/mol. The van der Waals surface area contributed by atoms with Crippen LogP contribution in [0.4, 0.5) is 0 Å². The second-order valence-electron chi connectivity index (χ2n) is 4.25. The Morgan fingerprint density at radius 3 is 2.53 bits per heavy atom. The van der Waals surface area contributed by atoms with E-state index in [0.717, 1.165) is 25.5 Å². The van der Waals surface area contributed by atoms with E-state index in [1.807, 2.05) is 31.2 Å². The minimum Gasteiger partial charge on any atom is -0.303 e. The van der Waals surface area contributed by atoms with Crippen molar-refractivity contribution in [3.05, 3.63) is 48.6 Å². The highest BCUT2D eigenvalue weighted by Crippen LogP contribution is 2.25. The molecule has 0 amide bonds. The third kappa shape index (κ3) is 3.70. The minimum absolute atomic E-state index is 0.252. The molecule has 1 heteroatoms. The number of carbonyl (C=O) groups is 1. The molecular formula is C14H18O. The van der Waals surface area contributed by atoms with Gasteiger partial charge in [-0.3, -0.25) is 0 Å². The summed E-state index contributed by atoms with van der Waals surface area (Å²) in [6, 6.07) is 10.3. The lowest BCUT2D eigenvalue weighted by Gasteiger charge is -2.20. The Balaban J connectivity index is 2.55. The lowest BCUT2D eigenvalue weighted by molar-refractivity contribution is -0.115. The first-order valence-electron chi connectivity index (χ1n) is 5.31. The Labute approximate surface area is 91.8 Å². The molecule has 0 N–H and O–H groups in total. The molecule has 0 saturated heterocycles. The molecule has 0 spiro atoms. The molecule has 0 aliphatic carbocycles. The summed E-state index contributed by atoms with van der Waals surface area (Å²) in [4.78, 5) is 11.0. The van der Waals surface area contributed by atoms with Gasteiger partial charge in [0.2, 0.25) is 0 Å². The molecule has 1 aromatic carbocycles. The number of allylic oxidation sites excluding steroid dienone is 1. The quantitative estimate of drug-likeness (QED) is 0.510. The molecule has 0 aliphatic rings. The van der Waals surface area contributed by atoms with E-state index in [1.54, 1.807) is 0 Å². The lowest BCUT2D eigenvalue weighted by atomic mass is 9.82. The molecule has 15 heavy (non-hydrogen) atoms. The van der Waals surface area contributed by atoms with Gasteiger partial charge in [-0.15, -0.1) is 6.58 Å². The van der Waals surface area contributed by atoms with Crippen LogP contribution < -0.4 is 0 Å². The van der Waals surface area contributed by atoms with Crippen LogP contribution in [0.1, 0.15) is 25.3 Å². The van der Waals surface area contributed by atoms with Crippen molar-refractivity contribution in [2.45, 2.75) is 26.2 Å². The van der Waals surface area contributed by atoms with E-state index in [4.69, 9.17) is 0 Å². The summed E-state index contributed by atoms with van der Waals surface area (Å²) in [6.45, 7) is 5.68. The Kier molecular flexibility index (Phi) is 4.29. The van der Waals surface area contributed by atoms with Gasteiger partial charge in [-0.2, -0.15) is 0 Å². The first-order valence-corrected chi connectivity index (χ1v) is 5.31. The zero-order chi connectivity index (χ0) is 11.1. The van der Waals surface area contributed by atoms with Gasteiger partial charge in [-0.05, 0) is 24.8 Å². The zero-order valence-electron chi connectivity index (χ0n) is 9.28. The van der Waals surface area contributed by atoms with E-state index >= 15 is 0 Å².